The molecule has 2 atom stereocenters. The minimum absolute atomic E-state index is 0.320. The van der Waals surface area contributed by atoms with E-state index < -0.39 is 43.0 Å². The Kier molecular flexibility index (Phi) is 4.60. The summed E-state index contributed by atoms with van der Waals surface area (Å²) in [5, 5.41) is 9.89. The highest BCUT2D eigenvalue weighted by Gasteiger charge is 2.53. The number of alkyl halides is 3. The molecule has 0 saturated carbocycles. The first-order valence-electron chi connectivity index (χ1n) is 7.79. The highest BCUT2D eigenvalue weighted by Crippen LogP contribution is 2.40. The summed E-state index contributed by atoms with van der Waals surface area (Å²) in [6, 6.07) is 5.29. The van der Waals surface area contributed by atoms with Crippen LogP contribution in [0.15, 0.2) is 18.2 Å². The van der Waals surface area contributed by atoms with Crippen LogP contribution >= 0.6 is 11.3 Å². The number of likely N-dealkylation sites (tertiary alicyclic amines) is 1. The third-order valence-corrected chi connectivity index (χ3v) is 5.94. The number of amides is 1. The number of ether oxygens (including phenoxy) is 1. The van der Waals surface area contributed by atoms with Crippen LogP contribution in [0.4, 0.5) is 13.2 Å². The molecule has 0 bridgehead atoms. The van der Waals surface area contributed by atoms with Gasteiger partial charge in [0.2, 0.25) is 0 Å². The maximum absolute atomic E-state index is 13.1. The number of carboxylic acid groups (broad SMARTS) is 1. The van der Waals surface area contributed by atoms with Crippen LogP contribution in [0.1, 0.15) is 15.2 Å². The Balaban J connectivity index is 1.93. The van der Waals surface area contributed by atoms with Crippen LogP contribution in [-0.4, -0.2) is 48.3 Å². The molecule has 0 unspecified atom stereocenters. The molecule has 1 aliphatic heterocycles. The highest BCUT2D eigenvalue weighted by atomic mass is 32.1. The average Bonchev–Trinajstić information content (AvgIpc) is 3.16. The van der Waals surface area contributed by atoms with Gasteiger partial charge in [-0.25, -0.2) is 0 Å². The molecule has 0 radical (unpaired) electrons. The first kappa shape index (κ1) is 18.5. The third-order valence-electron chi connectivity index (χ3n) is 4.68. The topological polar surface area (TPSA) is 66.8 Å². The molecule has 0 aliphatic carbocycles. The average molecular weight is 387 g/mol. The zero-order valence-corrected chi connectivity index (χ0v) is 14.8. The quantitative estimate of drug-likeness (QED) is 0.875. The van der Waals surface area contributed by atoms with Crippen LogP contribution in [-0.2, 0) is 4.79 Å². The fourth-order valence-electron chi connectivity index (χ4n) is 3.23. The van der Waals surface area contributed by atoms with E-state index in [0.29, 0.717) is 16.2 Å². The normalized spacial score (nSPS) is 20.6. The maximum atomic E-state index is 13.1. The van der Waals surface area contributed by atoms with E-state index in [9.17, 15) is 22.8 Å². The van der Waals surface area contributed by atoms with E-state index in [4.69, 9.17) is 9.84 Å². The molecule has 1 fully saturated rings. The second kappa shape index (κ2) is 6.46. The number of aliphatic carboxylic acids is 1. The summed E-state index contributed by atoms with van der Waals surface area (Å²) in [5.41, 5.74) is 0.649. The van der Waals surface area contributed by atoms with Crippen LogP contribution < -0.4 is 4.74 Å². The Morgan fingerprint density at radius 1 is 1.31 bits per heavy atom. The zero-order valence-electron chi connectivity index (χ0n) is 14.0. The van der Waals surface area contributed by atoms with Crippen LogP contribution in [0.3, 0.4) is 0 Å². The highest BCUT2D eigenvalue weighted by molar-refractivity contribution is 7.21. The van der Waals surface area contributed by atoms with E-state index in [1.54, 1.807) is 25.1 Å². The predicted octanol–water partition coefficient (Wildman–Crippen LogP) is 3.55. The molecular formula is C17H16F3NO4S. The number of hydrogen-bond donors (Lipinski definition) is 1. The summed E-state index contributed by atoms with van der Waals surface area (Å²) < 4.78 is 45.4. The number of thiophene rings is 1. The first-order valence-corrected chi connectivity index (χ1v) is 8.61. The Morgan fingerprint density at radius 2 is 2.00 bits per heavy atom. The maximum Gasteiger partial charge on any atom is 0.394 e. The number of benzene rings is 1. The largest absolute Gasteiger partial charge is 0.497 e. The summed E-state index contributed by atoms with van der Waals surface area (Å²) >= 11 is 1.18. The van der Waals surface area contributed by atoms with E-state index >= 15 is 0 Å². The molecule has 0 spiro atoms. The van der Waals surface area contributed by atoms with E-state index in [2.05, 4.69) is 0 Å². The van der Waals surface area contributed by atoms with Crippen molar-refractivity contribution in [2.75, 3.05) is 20.2 Å². The third kappa shape index (κ3) is 3.11. The number of carbonyl (C=O) groups excluding carboxylic acids is 1. The van der Waals surface area contributed by atoms with E-state index in [0.717, 1.165) is 15.0 Å². The van der Waals surface area contributed by atoms with Crippen LogP contribution in [0, 0.1) is 18.8 Å². The van der Waals surface area contributed by atoms with E-state index in [1.807, 2.05) is 0 Å². The molecule has 1 N–H and O–H groups in total. The van der Waals surface area contributed by atoms with Gasteiger partial charge in [0.15, 0.2) is 0 Å². The molecule has 5 nitrogen and oxygen atoms in total. The number of hydrogen-bond acceptors (Lipinski definition) is 4. The Morgan fingerprint density at radius 3 is 2.54 bits per heavy atom. The second-order valence-electron chi connectivity index (χ2n) is 6.22. The molecular weight excluding hydrogens is 371 g/mol. The molecule has 1 aromatic heterocycles. The Labute approximate surface area is 151 Å². The lowest BCUT2D eigenvalue weighted by Gasteiger charge is -2.18. The lowest BCUT2D eigenvalue weighted by atomic mass is 9.96. The first-order chi connectivity index (χ1) is 12.1. The molecule has 2 heterocycles. The number of rotatable bonds is 3. The number of fused-ring (bicyclic) bond motifs is 1. The van der Waals surface area contributed by atoms with Crippen molar-refractivity contribution in [3.05, 3.63) is 28.6 Å². The lowest BCUT2D eigenvalue weighted by Crippen LogP contribution is -2.34. The second-order valence-corrected chi connectivity index (χ2v) is 7.27. The minimum Gasteiger partial charge on any atom is -0.497 e. The Bertz CT molecular complexity index is 877. The zero-order chi connectivity index (χ0) is 19.2. The van der Waals surface area contributed by atoms with Gasteiger partial charge in [0, 0.05) is 17.8 Å². The fourth-order valence-corrected chi connectivity index (χ4v) is 4.38. The van der Waals surface area contributed by atoms with Crippen molar-refractivity contribution in [2.24, 2.45) is 11.8 Å². The van der Waals surface area contributed by atoms with Crippen LogP contribution in [0.25, 0.3) is 10.1 Å². The van der Waals surface area contributed by atoms with E-state index in [-0.39, 0.29) is 0 Å². The SMILES string of the molecule is COc1ccc2sc(C(=O)N3C[C@@H](C(F)(F)F)[C@H](C(=O)O)C3)c(C)c2c1. The van der Waals surface area contributed by atoms with Crippen LogP contribution in [0.5, 0.6) is 5.75 Å². The number of methoxy groups -OCH3 is 1. The predicted molar refractivity (Wildman–Crippen MR) is 89.7 cm³/mol. The van der Waals surface area contributed by atoms with Crippen molar-refractivity contribution < 1.29 is 32.6 Å². The van der Waals surface area contributed by atoms with Gasteiger partial charge in [0.05, 0.1) is 23.8 Å². The van der Waals surface area contributed by atoms with Gasteiger partial charge in [0.1, 0.15) is 5.75 Å². The van der Waals surface area contributed by atoms with Gasteiger partial charge >= 0.3 is 12.1 Å². The monoisotopic (exact) mass is 387 g/mol. The van der Waals surface area contributed by atoms with Crippen molar-refractivity contribution in [3.63, 3.8) is 0 Å². The summed E-state index contributed by atoms with van der Waals surface area (Å²) in [6.07, 6.45) is -4.67. The number of nitrogens with zero attached hydrogens (tertiary/aromatic N) is 1. The fraction of sp³-hybridized carbons (Fsp3) is 0.412. The van der Waals surface area contributed by atoms with Gasteiger partial charge in [-0.3, -0.25) is 9.59 Å². The van der Waals surface area contributed by atoms with Gasteiger partial charge in [-0.2, -0.15) is 13.2 Å². The summed E-state index contributed by atoms with van der Waals surface area (Å²) in [6.45, 7) is 0.628. The standard InChI is InChI=1S/C17H16F3NO4S/c1-8-10-5-9(25-2)3-4-13(10)26-14(8)15(22)21-6-11(16(23)24)12(7-21)17(18,19)20/h3-5,11-12H,6-7H2,1-2H3,(H,23,24)/t11-,12-/m1/s1. The van der Waals surface area contributed by atoms with Gasteiger partial charge in [-0.05, 0) is 36.1 Å². The molecule has 1 saturated heterocycles. The summed E-state index contributed by atoms with van der Waals surface area (Å²) in [5.74, 6) is -5.20. The molecule has 2 aromatic rings. The van der Waals surface area contributed by atoms with Crippen LogP contribution in [0.2, 0.25) is 0 Å². The molecule has 1 aromatic carbocycles. The lowest BCUT2D eigenvalue weighted by molar-refractivity contribution is -0.187. The molecule has 26 heavy (non-hydrogen) atoms. The number of carboxylic acids is 1. The van der Waals surface area contributed by atoms with Crippen molar-refractivity contribution in [1.82, 2.24) is 4.90 Å². The van der Waals surface area contributed by atoms with E-state index in [1.165, 1.54) is 18.4 Å². The van der Waals surface area contributed by atoms with Crippen molar-refractivity contribution >= 4 is 33.3 Å². The van der Waals surface area contributed by atoms with Crippen molar-refractivity contribution in [3.8, 4) is 5.75 Å². The van der Waals surface area contributed by atoms with Gasteiger partial charge in [-0.15, -0.1) is 11.3 Å². The minimum atomic E-state index is -4.67. The van der Waals surface area contributed by atoms with Crippen molar-refractivity contribution in [1.29, 1.82) is 0 Å². The van der Waals surface area contributed by atoms with Gasteiger partial charge in [0.25, 0.3) is 5.91 Å². The number of carbonyl (C=O) groups is 2. The number of halogens is 3. The van der Waals surface area contributed by atoms with Gasteiger partial charge in [-0.1, -0.05) is 0 Å². The Hall–Kier alpha value is -2.29. The molecule has 1 aliphatic rings. The summed E-state index contributed by atoms with van der Waals surface area (Å²) in [7, 11) is 1.52. The summed E-state index contributed by atoms with van der Waals surface area (Å²) in [4.78, 5) is 25.3. The molecule has 1 amide bonds. The van der Waals surface area contributed by atoms with Gasteiger partial charge < -0.3 is 14.7 Å². The molecule has 9 heteroatoms. The van der Waals surface area contributed by atoms with Crippen molar-refractivity contribution in [2.45, 2.75) is 13.1 Å². The molecule has 3 rings (SSSR count). The molecule has 140 valence electrons. The smallest absolute Gasteiger partial charge is 0.394 e. The number of aryl methyl sites for hydroxylation is 1.